The molecule has 3 heteroatoms. The standard InChI is InChI=1S/C14H19ClFN/c15-12-8-5-9-13(16)14(12)17-10-11-6-3-1-2-4-7-11/h5,8-9,11,17H,1-4,6-7,10H2. The normalized spacial score (nSPS) is 17.8. The number of halogens is 2. The van der Waals surface area contributed by atoms with E-state index in [1.807, 2.05) is 0 Å². The number of hydrogen-bond donors (Lipinski definition) is 1. The zero-order chi connectivity index (χ0) is 12.1. The third-order valence-corrected chi connectivity index (χ3v) is 3.82. The minimum absolute atomic E-state index is 0.258. The Labute approximate surface area is 107 Å². The fourth-order valence-corrected chi connectivity index (χ4v) is 2.71. The van der Waals surface area contributed by atoms with Crippen LogP contribution in [0.3, 0.4) is 0 Å². The maximum atomic E-state index is 13.5. The number of anilines is 1. The molecule has 1 nitrogen and oxygen atoms in total. The highest BCUT2D eigenvalue weighted by Gasteiger charge is 2.13. The molecule has 0 bridgehead atoms. The van der Waals surface area contributed by atoms with Crippen molar-refractivity contribution in [3.05, 3.63) is 29.0 Å². The van der Waals surface area contributed by atoms with E-state index in [1.165, 1.54) is 44.6 Å². The first-order chi connectivity index (χ1) is 8.27. The molecule has 1 N–H and O–H groups in total. The van der Waals surface area contributed by atoms with Crippen molar-refractivity contribution in [3.8, 4) is 0 Å². The lowest BCUT2D eigenvalue weighted by atomic mass is 10.0. The average molecular weight is 256 g/mol. The topological polar surface area (TPSA) is 12.0 Å². The summed E-state index contributed by atoms with van der Waals surface area (Å²) in [5.41, 5.74) is 0.457. The van der Waals surface area contributed by atoms with E-state index in [9.17, 15) is 4.39 Å². The molecule has 1 saturated carbocycles. The first-order valence-corrected chi connectivity index (χ1v) is 6.83. The molecule has 0 unspecified atom stereocenters. The van der Waals surface area contributed by atoms with E-state index in [0.717, 1.165) is 6.54 Å². The van der Waals surface area contributed by atoms with E-state index in [2.05, 4.69) is 5.32 Å². The van der Waals surface area contributed by atoms with Crippen molar-refractivity contribution in [3.63, 3.8) is 0 Å². The Morgan fingerprint density at radius 3 is 2.53 bits per heavy atom. The van der Waals surface area contributed by atoms with Gasteiger partial charge in [0, 0.05) is 6.54 Å². The summed E-state index contributed by atoms with van der Waals surface area (Å²) in [6.45, 7) is 0.834. The SMILES string of the molecule is Fc1cccc(Cl)c1NCC1CCCCCC1. The van der Waals surface area contributed by atoms with Crippen LogP contribution >= 0.6 is 11.6 Å². The van der Waals surface area contributed by atoms with Gasteiger partial charge >= 0.3 is 0 Å². The van der Waals surface area contributed by atoms with E-state index < -0.39 is 0 Å². The van der Waals surface area contributed by atoms with Crippen LogP contribution in [0.25, 0.3) is 0 Å². The van der Waals surface area contributed by atoms with Gasteiger partial charge in [-0.15, -0.1) is 0 Å². The summed E-state index contributed by atoms with van der Waals surface area (Å²) in [6, 6.07) is 4.80. The fourth-order valence-electron chi connectivity index (χ4n) is 2.48. The van der Waals surface area contributed by atoms with E-state index in [0.29, 0.717) is 16.6 Å². The molecule has 0 aromatic heterocycles. The number of benzene rings is 1. The quantitative estimate of drug-likeness (QED) is 0.761. The molecule has 17 heavy (non-hydrogen) atoms. The van der Waals surface area contributed by atoms with Crippen LogP contribution in [0.1, 0.15) is 38.5 Å². The van der Waals surface area contributed by atoms with E-state index >= 15 is 0 Å². The van der Waals surface area contributed by atoms with Gasteiger partial charge in [0.2, 0.25) is 0 Å². The second-order valence-corrected chi connectivity index (χ2v) is 5.24. The second-order valence-electron chi connectivity index (χ2n) is 4.84. The van der Waals surface area contributed by atoms with Crippen LogP contribution in [-0.4, -0.2) is 6.54 Å². The van der Waals surface area contributed by atoms with Gasteiger partial charge in [0.25, 0.3) is 0 Å². The molecule has 94 valence electrons. The van der Waals surface area contributed by atoms with Crippen LogP contribution in [-0.2, 0) is 0 Å². The molecule has 0 heterocycles. The highest BCUT2D eigenvalue weighted by molar-refractivity contribution is 6.33. The molecule has 2 rings (SSSR count). The number of rotatable bonds is 3. The van der Waals surface area contributed by atoms with Gasteiger partial charge in [-0.2, -0.15) is 0 Å². The molecule has 0 saturated heterocycles. The molecule has 1 aromatic rings. The van der Waals surface area contributed by atoms with Gasteiger partial charge in [0.1, 0.15) is 5.82 Å². The number of para-hydroxylation sites is 1. The third kappa shape index (κ3) is 3.60. The molecule has 1 aliphatic carbocycles. The largest absolute Gasteiger partial charge is 0.381 e. The lowest BCUT2D eigenvalue weighted by molar-refractivity contribution is 0.482. The first kappa shape index (κ1) is 12.7. The maximum absolute atomic E-state index is 13.5. The van der Waals surface area contributed by atoms with Crippen molar-refractivity contribution in [2.24, 2.45) is 5.92 Å². The van der Waals surface area contributed by atoms with Crippen LogP contribution in [0.15, 0.2) is 18.2 Å². The monoisotopic (exact) mass is 255 g/mol. The highest BCUT2D eigenvalue weighted by Crippen LogP contribution is 2.27. The molecular weight excluding hydrogens is 237 g/mol. The molecule has 1 aliphatic rings. The van der Waals surface area contributed by atoms with Crippen LogP contribution in [0.2, 0.25) is 5.02 Å². The Bertz CT molecular complexity index is 339. The molecule has 0 spiro atoms. The van der Waals surface area contributed by atoms with Gasteiger partial charge in [-0.3, -0.25) is 0 Å². The third-order valence-electron chi connectivity index (χ3n) is 3.51. The van der Waals surface area contributed by atoms with Gasteiger partial charge in [-0.05, 0) is 30.9 Å². The zero-order valence-corrected chi connectivity index (χ0v) is 10.8. The zero-order valence-electron chi connectivity index (χ0n) is 10.0. The molecule has 1 fully saturated rings. The highest BCUT2D eigenvalue weighted by atomic mass is 35.5. The van der Waals surface area contributed by atoms with Gasteiger partial charge < -0.3 is 5.32 Å². The maximum Gasteiger partial charge on any atom is 0.147 e. The predicted molar refractivity (Wildman–Crippen MR) is 71.1 cm³/mol. The lowest BCUT2D eigenvalue weighted by Gasteiger charge is -2.16. The average Bonchev–Trinajstić information content (AvgIpc) is 2.57. The Balaban J connectivity index is 1.92. The Hall–Kier alpha value is -0.760. The van der Waals surface area contributed by atoms with Crippen molar-refractivity contribution < 1.29 is 4.39 Å². The van der Waals surface area contributed by atoms with Crippen LogP contribution in [0.5, 0.6) is 0 Å². The number of hydrogen-bond acceptors (Lipinski definition) is 1. The minimum atomic E-state index is -0.258. The van der Waals surface area contributed by atoms with Gasteiger partial charge in [-0.25, -0.2) is 4.39 Å². The van der Waals surface area contributed by atoms with Crippen molar-refractivity contribution in [1.82, 2.24) is 0 Å². The second kappa shape index (κ2) is 6.25. The Morgan fingerprint density at radius 1 is 1.18 bits per heavy atom. The molecule has 1 aromatic carbocycles. The first-order valence-electron chi connectivity index (χ1n) is 6.45. The van der Waals surface area contributed by atoms with Crippen LogP contribution in [0.4, 0.5) is 10.1 Å². The summed E-state index contributed by atoms with van der Waals surface area (Å²) in [7, 11) is 0. The molecule has 0 amide bonds. The summed E-state index contributed by atoms with van der Waals surface area (Å²) in [4.78, 5) is 0. The van der Waals surface area contributed by atoms with Crippen molar-refractivity contribution in [1.29, 1.82) is 0 Å². The fraction of sp³-hybridized carbons (Fsp3) is 0.571. The Kier molecular flexibility index (Phi) is 4.66. The van der Waals surface area contributed by atoms with E-state index in [1.54, 1.807) is 12.1 Å². The Morgan fingerprint density at radius 2 is 1.88 bits per heavy atom. The summed E-state index contributed by atoms with van der Waals surface area (Å²) in [5, 5.41) is 3.64. The van der Waals surface area contributed by atoms with Crippen molar-refractivity contribution in [2.45, 2.75) is 38.5 Å². The van der Waals surface area contributed by atoms with Gasteiger partial charge in [-0.1, -0.05) is 43.4 Å². The molecular formula is C14H19ClFN. The summed E-state index contributed by atoms with van der Waals surface area (Å²) >= 11 is 5.98. The summed E-state index contributed by atoms with van der Waals surface area (Å²) in [6.07, 6.45) is 7.79. The molecule has 0 aliphatic heterocycles. The van der Waals surface area contributed by atoms with Gasteiger partial charge in [0.05, 0.1) is 10.7 Å². The van der Waals surface area contributed by atoms with E-state index in [-0.39, 0.29) is 5.82 Å². The summed E-state index contributed by atoms with van der Waals surface area (Å²) in [5.74, 6) is 0.402. The minimum Gasteiger partial charge on any atom is -0.381 e. The smallest absolute Gasteiger partial charge is 0.147 e. The molecule has 0 atom stereocenters. The van der Waals surface area contributed by atoms with E-state index in [4.69, 9.17) is 11.6 Å². The predicted octanol–water partition coefficient (Wildman–Crippen LogP) is 4.86. The lowest BCUT2D eigenvalue weighted by Crippen LogP contribution is -2.14. The molecule has 0 radical (unpaired) electrons. The van der Waals surface area contributed by atoms with Gasteiger partial charge in [0.15, 0.2) is 0 Å². The van der Waals surface area contributed by atoms with Crippen LogP contribution < -0.4 is 5.32 Å². The van der Waals surface area contributed by atoms with Crippen LogP contribution in [0, 0.1) is 11.7 Å². The summed E-state index contributed by atoms with van der Waals surface area (Å²) < 4.78 is 13.5. The number of nitrogens with one attached hydrogen (secondary N) is 1. The van der Waals surface area contributed by atoms with Crippen molar-refractivity contribution >= 4 is 17.3 Å². The van der Waals surface area contributed by atoms with Crippen molar-refractivity contribution in [2.75, 3.05) is 11.9 Å².